The summed E-state index contributed by atoms with van der Waals surface area (Å²) in [6.07, 6.45) is 3.62. The highest BCUT2D eigenvalue weighted by Crippen LogP contribution is 2.33. The monoisotopic (exact) mass is 344 g/mol. The van der Waals surface area contributed by atoms with Crippen LogP contribution in [0.5, 0.6) is 5.75 Å². The van der Waals surface area contributed by atoms with Crippen molar-refractivity contribution in [2.24, 2.45) is 0 Å². The highest BCUT2D eigenvalue weighted by atomic mass is 16.5. The number of carboxylic acid groups (broad SMARTS) is 1. The fraction of sp³-hybridized carbons (Fsp3) is 0.526. The lowest BCUT2D eigenvalue weighted by Crippen LogP contribution is -2.53. The van der Waals surface area contributed by atoms with E-state index in [-0.39, 0.29) is 12.3 Å². The van der Waals surface area contributed by atoms with E-state index in [2.05, 4.69) is 6.07 Å². The Labute approximate surface area is 148 Å². The van der Waals surface area contributed by atoms with Crippen LogP contribution < -0.4 is 4.74 Å². The van der Waals surface area contributed by atoms with Crippen molar-refractivity contribution in [1.82, 2.24) is 4.90 Å². The van der Waals surface area contributed by atoms with Gasteiger partial charge in [-0.1, -0.05) is 31.4 Å². The largest absolute Gasteiger partial charge is 0.481 e. The summed E-state index contributed by atoms with van der Waals surface area (Å²) in [7, 11) is 1.67. The number of rotatable bonds is 6. The Morgan fingerprint density at radius 3 is 2.40 bits per heavy atom. The Hall–Kier alpha value is -2.55. The van der Waals surface area contributed by atoms with Gasteiger partial charge in [-0.3, -0.25) is 9.59 Å². The average Bonchev–Trinajstić information content (AvgIpc) is 2.62. The maximum Gasteiger partial charge on any atom is 0.307 e. The van der Waals surface area contributed by atoms with Crippen molar-refractivity contribution in [2.45, 2.75) is 57.1 Å². The van der Waals surface area contributed by atoms with Gasteiger partial charge in [0.2, 0.25) is 0 Å². The van der Waals surface area contributed by atoms with Crippen LogP contribution >= 0.6 is 0 Å². The molecule has 0 bridgehead atoms. The Morgan fingerprint density at radius 2 is 1.88 bits per heavy atom. The van der Waals surface area contributed by atoms with Crippen molar-refractivity contribution >= 4 is 11.9 Å². The van der Waals surface area contributed by atoms with Gasteiger partial charge in [0.25, 0.3) is 5.91 Å². The summed E-state index contributed by atoms with van der Waals surface area (Å²) in [6.45, 7) is 1.66. The lowest BCUT2D eigenvalue weighted by Gasteiger charge is -2.40. The maximum atomic E-state index is 12.7. The van der Waals surface area contributed by atoms with E-state index in [0.717, 1.165) is 19.3 Å². The normalized spacial score (nSPS) is 17.2. The number of ether oxygens (including phenoxy) is 1. The van der Waals surface area contributed by atoms with Gasteiger partial charge in [-0.2, -0.15) is 5.26 Å². The lowest BCUT2D eigenvalue weighted by atomic mass is 9.81. The fourth-order valence-electron chi connectivity index (χ4n) is 3.26. The number of nitrogens with zero attached hydrogens (tertiary/aromatic N) is 2. The van der Waals surface area contributed by atoms with Crippen LogP contribution in [0.15, 0.2) is 24.3 Å². The summed E-state index contributed by atoms with van der Waals surface area (Å²) in [5.41, 5.74) is -0.0697. The van der Waals surface area contributed by atoms with Crippen LogP contribution in [0.4, 0.5) is 0 Å². The molecule has 1 aliphatic carbocycles. The van der Waals surface area contributed by atoms with Gasteiger partial charge in [-0.05, 0) is 37.5 Å². The van der Waals surface area contributed by atoms with E-state index in [0.29, 0.717) is 24.2 Å². The molecule has 1 amide bonds. The van der Waals surface area contributed by atoms with Crippen LogP contribution in [-0.4, -0.2) is 40.6 Å². The highest BCUT2D eigenvalue weighted by molar-refractivity contribution is 5.82. The van der Waals surface area contributed by atoms with Crippen molar-refractivity contribution < 1.29 is 19.4 Å². The van der Waals surface area contributed by atoms with E-state index >= 15 is 0 Å². The molecule has 0 radical (unpaired) electrons. The molecule has 1 aromatic carbocycles. The van der Waals surface area contributed by atoms with Crippen LogP contribution in [0.1, 0.15) is 44.6 Å². The maximum absolute atomic E-state index is 12.7. The Morgan fingerprint density at radius 1 is 1.28 bits per heavy atom. The zero-order chi connectivity index (χ0) is 18.4. The topological polar surface area (TPSA) is 90.6 Å². The van der Waals surface area contributed by atoms with Crippen molar-refractivity contribution in [2.75, 3.05) is 7.05 Å². The number of carbonyl (C=O) groups excluding carboxylic acids is 1. The average molecular weight is 344 g/mol. The molecule has 6 nitrogen and oxygen atoms in total. The first-order valence-corrected chi connectivity index (χ1v) is 8.54. The van der Waals surface area contributed by atoms with Gasteiger partial charge in [0.1, 0.15) is 11.3 Å². The zero-order valence-corrected chi connectivity index (χ0v) is 14.7. The molecule has 1 atom stereocenters. The first-order valence-electron chi connectivity index (χ1n) is 8.54. The van der Waals surface area contributed by atoms with Gasteiger partial charge < -0.3 is 14.7 Å². The number of hydrogen-bond donors (Lipinski definition) is 1. The second-order valence-electron chi connectivity index (χ2n) is 6.58. The fourth-order valence-corrected chi connectivity index (χ4v) is 3.26. The molecule has 2 rings (SSSR count). The summed E-state index contributed by atoms with van der Waals surface area (Å²) >= 11 is 0. The zero-order valence-electron chi connectivity index (χ0n) is 14.7. The van der Waals surface area contributed by atoms with Gasteiger partial charge in [-0.25, -0.2) is 0 Å². The standard InChI is InChI=1S/C19H24N2O4/c1-14(25-16-8-6-15(7-9-16)12-17(22)23)18(24)21(2)19(13-20)10-4-3-5-11-19/h6-9,14H,3-5,10-12H2,1-2H3,(H,22,23)/t14-/m1/s1. The summed E-state index contributed by atoms with van der Waals surface area (Å²) < 4.78 is 5.69. The molecule has 1 fully saturated rings. The molecule has 1 N–H and O–H groups in total. The predicted molar refractivity (Wildman–Crippen MR) is 92.1 cm³/mol. The van der Waals surface area contributed by atoms with E-state index in [1.54, 1.807) is 38.2 Å². The number of nitriles is 1. The molecule has 0 unspecified atom stereocenters. The summed E-state index contributed by atoms with van der Waals surface area (Å²) in [4.78, 5) is 24.9. The Balaban J connectivity index is 2.01. The summed E-state index contributed by atoms with van der Waals surface area (Å²) in [6, 6.07) is 8.99. The van der Waals surface area contributed by atoms with E-state index in [1.165, 1.54) is 4.90 Å². The predicted octanol–water partition coefficient (Wildman–Crippen LogP) is 2.77. The first-order chi connectivity index (χ1) is 11.9. The number of hydrogen-bond acceptors (Lipinski definition) is 4. The van der Waals surface area contributed by atoms with E-state index in [4.69, 9.17) is 9.84 Å². The van der Waals surface area contributed by atoms with E-state index in [9.17, 15) is 14.9 Å². The quantitative estimate of drug-likeness (QED) is 0.857. The lowest BCUT2D eigenvalue weighted by molar-refractivity contribution is -0.141. The van der Waals surface area contributed by atoms with Crippen LogP contribution in [0.3, 0.4) is 0 Å². The van der Waals surface area contributed by atoms with Crippen LogP contribution in [0, 0.1) is 11.3 Å². The number of carboxylic acids is 1. The minimum Gasteiger partial charge on any atom is -0.481 e. The molecular weight excluding hydrogens is 320 g/mol. The molecule has 0 heterocycles. The van der Waals surface area contributed by atoms with Crippen LogP contribution in [0.2, 0.25) is 0 Å². The summed E-state index contributed by atoms with van der Waals surface area (Å²) in [5.74, 6) is -0.621. The van der Waals surface area contributed by atoms with Crippen LogP contribution in [0.25, 0.3) is 0 Å². The van der Waals surface area contributed by atoms with Gasteiger partial charge in [0, 0.05) is 7.05 Å². The number of likely N-dealkylation sites (N-methyl/N-ethyl adjacent to an activating group) is 1. The van der Waals surface area contributed by atoms with E-state index in [1.807, 2.05) is 0 Å². The molecule has 1 aliphatic rings. The number of benzene rings is 1. The van der Waals surface area contributed by atoms with Crippen molar-refractivity contribution in [3.8, 4) is 11.8 Å². The molecule has 0 aliphatic heterocycles. The molecule has 1 saturated carbocycles. The van der Waals surface area contributed by atoms with Gasteiger partial charge in [0.15, 0.2) is 6.10 Å². The minimum atomic E-state index is -0.895. The smallest absolute Gasteiger partial charge is 0.307 e. The van der Waals surface area contributed by atoms with Gasteiger partial charge in [-0.15, -0.1) is 0 Å². The molecule has 0 saturated heterocycles. The second-order valence-corrected chi connectivity index (χ2v) is 6.58. The number of amides is 1. The SMILES string of the molecule is C[C@@H](Oc1ccc(CC(=O)O)cc1)C(=O)N(C)C1(C#N)CCCCC1. The molecule has 6 heteroatoms. The van der Waals surface area contributed by atoms with Gasteiger partial charge in [0.05, 0.1) is 12.5 Å². The van der Waals surface area contributed by atoms with Gasteiger partial charge >= 0.3 is 5.97 Å². The summed E-state index contributed by atoms with van der Waals surface area (Å²) in [5, 5.41) is 18.4. The van der Waals surface area contributed by atoms with Crippen LogP contribution in [-0.2, 0) is 16.0 Å². The second kappa shape index (κ2) is 8.02. The van der Waals surface area contributed by atoms with Crippen molar-refractivity contribution in [3.05, 3.63) is 29.8 Å². The van der Waals surface area contributed by atoms with Crippen molar-refractivity contribution in [1.29, 1.82) is 5.26 Å². The number of carbonyl (C=O) groups is 2. The molecule has 1 aromatic rings. The number of aliphatic carboxylic acids is 1. The molecule has 134 valence electrons. The minimum absolute atomic E-state index is 0.0534. The third-order valence-corrected chi connectivity index (χ3v) is 4.80. The third-order valence-electron chi connectivity index (χ3n) is 4.80. The van der Waals surface area contributed by atoms with Crippen molar-refractivity contribution in [3.63, 3.8) is 0 Å². The molecular formula is C19H24N2O4. The molecule has 25 heavy (non-hydrogen) atoms. The third kappa shape index (κ3) is 4.50. The Bertz CT molecular complexity index is 657. The Kier molecular flexibility index (Phi) is 6.02. The first kappa shape index (κ1) is 18.8. The van der Waals surface area contributed by atoms with E-state index < -0.39 is 17.6 Å². The highest BCUT2D eigenvalue weighted by Gasteiger charge is 2.40. The molecule has 0 aromatic heterocycles. The molecule has 0 spiro atoms.